The average Bonchev–Trinajstić information content (AvgIpc) is 2.49. The number of aromatic nitrogens is 2. The summed E-state index contributed by atoms with van der Waals surface area (Å²) < 4.78 is 0. The molecule has 0 saturated carbocycles. The summed E-state index contributed by atoms with van der Waals surface area (Å²) in [6.45, 7) is 4.01. The minimum Gasteiger partial charge on any atom is -0.227 e. The van der Waals surface area contributed by atoms with Crippen molar-refractivity contribution in [1.29, 1.82) is 0 Å². The largest absolute Gasteiger partial charge is 0.227 e. The molecule has 1 heterocycles. The van der Waals surface area contributed by atoms with Crippen LogP contribution in [0.4, 0.5) is 0 Å². The first-order valence-corrected chi connectivity index (χ1v) is 7.11. The maximum Gasteiger partial charge on any atom is 0.222 e. The van der Waals surface area contributed by atoms with Gasteiger partial charge in [-0.2, -0.15) is 0 Å². The van der Waals surface area contributed by atoms with Gasteiger partial charge in [-0.15, -0.1) is 0 Å². The van der Waals surface area contributed by atoms with Gasteiger partial charge in [0.05, 0.1) is 0 Å². The van der Waals surface area contributed by atoms with Crippen LogP contribution in [0.5, 0.6) is 0 Å². The first-order chi connectivity index (χ1) is 10.2. The third kappa shape index (κ3) is 4.69. The molecule has 0 saturated heterocycles. The van der Waals surface area contributed by atoms with Crippen molar-refractivity contribution in [2.24, 2.45) is 0 Å². The smallest absolute Gasteiger partial charge is 0.222 e. The van der Waals surface area contributed by atoms with Crippen molar-refractivity contribution in [3.8, 4) is 11.1 Å². The molecule has 0 amide bonds. The van der Waals surface area contributed by atoms with Gasteiger partial charge in [-0.05, 0) is 48.2 Å². The van der Waals surface area contributed by atoms with Crippen LogP contribution in [0.15, 0.2) is 66.9 Å². The molecule has 0 radical (unpaired) electrons. The Morgan fingerprint density at radius 3 is 2.05 bits per heavy atom. The monoisotopic (exact) mass is 296 g/mol. The van der Waals surface area contributed by atoms with Crippen LogP contribution >= 0.6 is 11.6 Å². The molecule has 0 spiro atoms. The first-order valence-electron chi connectivity index (χ1n) is 6.73. The fourth-order valence-corrected chi connectivity index (χ4v) is 2.12. The standard InChI is InChI=1S/C13H12.C5H5ClN2/c1-11-7-5-6-10-13(11)12-8-3-2-4-9-12;1-4-2-3-7-5(6)8-4/h2-10H,1H3;2-3H,1H3. The van der Waals surface area contributed by atoms with Gasteiger partial charge in [-0.3, -0.25) is 0 Å². The van der Waals surface area contributed by atoms with Gasteiger partial charge in [0.1, 0.15) is 0 Å². The van der Waals surface area contributed by atoms with Crippen LogP contribution in [0.25, 0.3) is 11.1 Å². The highest BCUT2D eigenvalue weighted by molar-refractivity contribution is 6.28. The molecule has 0 N–H and O–H groups in total. The number of halogens is 1. The Morgan fingerprint density at radius 2 is 1.48 bits per heavy atom. The van der Waals surface area contributed by atoms with Gasteiger partial charge in [0.2, 0.25) is 5.28 Å². The third-order valence-corrected chi connectivity index (χ3v) is 3.18. The third-order valence-electron chi connectivity index (χ3n) is 3.00. The number of aryl methyl sites for hydroxylation is 2. The second-order valence-corrected chi connectivity index (χ2v) is 4.99. The zero-order chi connectivity index (χ0) is 15.1. The molecule has 0 fully saturated rings. The van der Waals surface area contributed by atoms with Gasteiger partial charge in [-0.25, -0.2) is 9.97 Å². The van der Waals surface area contributed by atoms with E-state index in [9.17, 15) is 0 Å². The molecule has 1 aromatic heterocycles. The van der Waals surface area contributed by atoms with Gasteiger partial charge in [0.15, 0.2) is 0 Å². The molecule has 3 rings (SSSR count). The Kier molecular flexibility index (Phi) is 5.47. The molecular formula is C18H17ClN2. The van der Waals surface area contributed by atoms with Crippen molar-refractivity contribution in [1.82, 2.24) is 9.97 Å². The molecule has 0 aliphatic rings. The second-order valence-electron chi connectivity index (χ2n) is 4.65. The fourth-order valence-electron chi connectivity index (χ4n) is 1.93. The Labute approximate surface area is 130 Å². The Bertz CT molecular complexity index is 679. The molecule has 0 atom stereocenters. The van der Waals surface area contributed by atoms with E-state index in [0.717, 1.165) is 5.69 Å². The average molecular weight is 297 g/mol. The predicted molar refractivity (Wildman–Crippen MR) is 88.4 cm³/mol. The van der Waals surface area contributed by atoms with Crippen molar-refractivity contribution in [2.45, 2.75) is 13.8 Å². The predicted octanol–water partition coefficient (Wildman–Crippen LogP) is 5.10. The van der Waals surface area contributed by atoms with E-state index < -0.39 is 0 Å². The summed E-state index contributed by atoms with van der Waals surface area (Å²) in [6, 6.07) is 20.7. The Balaban J connectivity index is 0.000000173. The number of hydrogen-bond acceptors (Lipinski definition) is 2. The van der Waals surface area contributed by atoms with E-state index in [0.29, 0.717) is 5.28 Å². The van der Waals surface area contributed by atoms with Crippen molar-refractivity contribution in [3.05, 3.63) is 83.4 Å². The number of hydrogen-bond donors (Lipinski definition) is 0. The quantitative estimate of drug-likeness (QED) is 0.584. The van der Waals surface area contributed by atoms with Crippen LogP contribution < -0.4 is 0 Å². The molecule has 3 heteroatoms. The molecule has 21 heavy (non-hydrogen) atoms. The lowest BCUT2D eigenvalue weighted by molar-refractivity contribution is 1.10. The minimum atomic E-state index is 0.310. The van der Waals surface area contributed by atoms with E-state index in [1.807, 2.05) is 13.0 Å². The zero-order valence-corrected chi connectivity index (χ0v) is 12.9. The molecule has 106 valence electrons. The molecule has 0 aliphatic heterocycles. The van der Waals surface area contributed by atoms with Crippen LogP contribution in [0.2, 0.25) is 5.28 Å². The van der Waals surface area contributed by atoms with Crippen LogP contribution in [0.1, 0.15) is 11.3 Å². The van der Waals surface area contributed by atoms with Gasteiger partial charge >= 0.3 is 0 Å². The van der Waals surface area contributed by atoms with Crippen LogP contribution in [-0.2, 0) is 0 Å². The van der Waals surface area contributed by atoms with Gasteiger partial charge in [0, 0.05) is 11.9 Å². The second kappa shape index (κ2) is 7.55. The molecule has 0 aliphatic carbocycles. The highest BCUT2D eigenvalue weighted by atomic mass is 35.5. The maximum atomic E-state index is 5.42. The molecule has 0 unspecified atom stereocenters. The first kappa shape index (κ1) is 15.2. The van der Waals surface area contributed by atoms with Crippen molar-refractivity contribution in [3.63, 3.8) is 0 Å². The van der Waals surface area contributed by atoms with E-state index in [1.165, 1.54) is 16.7 Å². The molecule has 3 aromatic rings. The fraction of sp³-hybridized carbons (Fsp3) is 0.111. The van der Waals surface area contributed by atoms with Crippen LogP contribution in [0, 0.1) is 13.8 Å². The van der Waals surface area contributed by atoms with Gasteiger partial charge in [0.25, 0.3) is 0 Å². The van der Waals surface area contributed by atoms with Crippen LogP contribution in [-0.4, -0.2) is 9.97 Å². The minimum absolute atomic E-state index is 0.310. The summed E-state index contributed by atoms with van der Waals surface area (Å²) >= 11 is 5.42. The Morgan fingerprint density at radius 1 is 0.810 bits per heavy atom. The lowest BCUT2D eigenvalue weighted by atomic mass is 10.0. The van der Waals surface area contributed by atoms with E-state index in [2.05, 4.69) is 65.4 Å². The summed E-state index contributed by atoms with van der Waals surface area (Å²) in [4.78, 5) is 7.52. The molecule has 2 aromatic carbocycles. The maximum absolute atomic E-state index is 5.42. The highest BCUT2D eigenvalue weighted by Crippen LogP contribution is 2.21. The van der Waals surface area contributed by atoms with E-state index in [4.69, 9.17) is 11.6 Å². The molecule has 0 bridgehead atoms. The summed E-state index contributed by atoms with van der Waals surface area (Å²) in [5.74, 6) is 0. The summed E-state index contributed by atoms with van der Waals surface area (Å²) in [7, 11) is 0. The zero-order valence-electron chi connectivity index (χ0n) is 12.1. The molecule has 2 nitrogen and oxygen atoms in total. The van der Waals surface area contributed by atoms with Gasteiger partial charge < -0.3 is 0 Å². The van der Waals surface area contributed by atoms with Crippen LogP contribution in [0.3, 0.4) is 0 Å². The number of nitrogens with zero attached hydrogens (tertiary/aromatic N) is 2. The van der Waals surface area contributed by atoms with Crippen molar-refractivity contribution in [2.75, 3.05) is 0 Å². The van der Waals surface area contributed by atoms with E-state index >= 15 is 0 Å². The lowest BCUT2D eigenvalue weighted by Crippen LogP contribution is -1.82. The summed E-state index contributed by atoms with van der Waals surface area (Å²) in [6.07, 6.45) is 1.63. The molecular weight excluding hydrogens is 280 g/mol. The van der Waals surface area contributed by atoms with Crippen molar-refractivity contribution >= 4 is 11.6 Å². The van der Waals surface area contributed by atoms with E-state index in [1.54, 1.807) is 12.3 Å². The topological polar surface area (TPSA) is 25.8 Å². The SMILES string of the molecule is Cc1ccccc1-c1ccccc1.Cc1ccnc(Cl)n1. The highest BCUT2D eigenvalue weighted by Gasteiger charge is 1.97. The summed E-state index contributed by atoms with van der Waals surface area (Å²) in [5, 5.41) is 0.310. The lowest BCUT2D eigenvalue weighted by Gasteiger charge is -2.04. The number of benzene rings is 2. The number of rotatable bonds is 1. The summed E-state index contributed by atoms with van der Waals surface area (Å²) in [5.41, 5.74) is 4.84. The van der Waals surface area contributed by atoms with Gasteiger partial charge in [-0.1, -0.05) is 54.6 Å². The van der Waals surface area contributed by atoms with E-state index in [-0.39, 0.29) is 0 Å². The Hall–Kier alpha value is -2.19. The van der Waals surface area contributed by atoms with Crippen molar-refractivity contribution < 1.29 is 0 Å². The normalized spacial score (nSPS) is 9.67.